The summed E-state index contributed by atoms with van der Waals surface area (Å²) in [6.45, 7) is 9.34. The van der Waals surface area contributed by atoms with Crippen molar-refractivity contribution < 1.29 is 37.9 Å². The van der Waals surface area contributed by atoms with Crippen LogP contribution in [0.3, 0.4) is 0 Å². The maximum atomic E-state index is 12.9. The molecule has 1 unspecified atom stereocenters. The Morgan fingerprint density at radius 2 is 1.80 bits per heavy atom. The van der Waals surface area contributed by atoms with Gasteiger partial charge in [0.15, 0.2) is 5.13 Å². The molecule has 0 aromatic carbocycles. The third-order valence-corrected chi connectivity index (χ3v) is 12.7. The zero-order valence-electron chi connectivity index (χ0n) is 31.6. The first-order valence-electron chi connectivity index (χ1n) is 18.5. The number of nitrogens with zero attached hydrogens (tertiary/aromatic N) is 4. The number of thiophene rings is 1. The largest absolute Gasteiger partial charge is 0.444 e. The van der Waals surface area contributed by atoms with E-state index in [1.54, 1.807) is 29.5 Å². The average molecular weight is 830 g/mol. The summed E-state index contributed by atoms with van der Waals surface area (Å²) in [7, 11) is 0. The Labute approximate surface area is 336 Å². The van der Waals surface area contributed by atoms with Crippen LogP contribution < -0.4 is 26.6 Å². The minimum Gasteiger partial charge on any atom is -0.444 e. The van der Waals surface area contributed by atoms with E-state index in [1.807, 2.05) is 4.90 Å². The molecular weight excluding hydrogens is 783 g/mol. The first-order valence-corrected chi connectivity index (χ1v) is 21.2. The SMILES string of the molecule is CC(C)(C)c1cnc(CSc2cnc(NC(=O)C3CCN(CC(=O)NCCOCCNC(=O)NCc4scc5c4CN(C4CCC(=O)NC4=O)C5=O)CC3)s2)o1. The molecule has 5 N–H and O–H groups in total. The molecule has 2 fully saturated rings. The van der Waals surface area contributed by atoms with Gasteiger partial charge in [-0.15, -0.1) is 23.1 Å². The maximum absolute atomic E-state index is 12.9. The number of piperidine rings is 2. The van der Waals surface area contributed by atoms with E-state index >= 15 is 0 Å². The lowest BCUT2D eigenvalue weighted by molar-refractivity contribution is -0.137. The second kappa shape index (κ2) is 18.7. The van der Waals surface area contributed by atoms with Crippen molar-refractivity contribution in [2.45, 2.75) is 81.0 Å². The smallest absolute Gasteiger partial charge is 0.315 e. The Kier molecular flexibility index (Phi) is 13.8. The number of carbonyl (C=O) groups excluding carboxylic acids is 6. The van der Waals surface area contributed by atoms with Crippen LogP contribution in [0.1, 0.15) is 78.9 Å². The van der Waals surface area contributed by atoms with Gasteiger partial charge in [-0.1, -0.05) is 32.1 Å². The summed E-state index contributed by atoms with van der Waals surface area (Å²) < 4.78 is 12.4. The fourth-order valence-electron chi connectivity index (χ4n) is 6.44. The van der Waals surface area contributed by atoms with Gasteiger partial charge in [-0.25, -0.2) is 14.8 Å². The van der Waals surface area contributed by atoms with Crippen LogP contribution in [0.5, 0.6) is 0 Å². The highest BCUT2D eigenvalue weighted by Crippen LogP contribution is 2.34. The summed E-state index contributed by atoms with van der Waals surface area (Å²) in [4.78, 5) is 87.5. The number of nitrogens with one attached hydrogen (secondary N) is 5. The molecule has 2 saturated heterocycles. The van der Waals surface area contributed by atoms with Gasteiger partial charge in [-0.2, -0.15) is 0 Å². The van der Waals surface area contributed by atoms with Crippen molar-refractivity contribution in [2.75, 3.05) is 51.3 Å². The van der Waals surface area contributed by atoms with Crippen molar-refractivity contribution in [3.8, 4) is 0 Å². The normalized spacial score (nSPS) is 17.8. The molecule has 6 heterocycles. The van der Waals surface area contributed by atoms with Crippen LogP contribution in [0.2, 0.25) is 0 Å². The van der Waals surface area contributed by atoms with Gasteiger partial charge >= 0.3 is 6.03 Å². The summed E-state index contributed by atoms with van der Waals surface area (Å²) in [6.07, 6.45) is 5.29. The molecule has 0 saturated carbocycles. The van der Waals surface area contributed by atoms with E-state index < -0.39 is 18.0 Å². The Hall–Kier alpha value is -4.37. The molecule has 56 heavy (non-hydrogen) atoms. The van der Waals surface area contributed by atoms with Crippen molar-refractivity contribution in [1.82, 2.24) is 41.0 Å². The number of amides is 7. The van der Waals surface area contributed by atoms with Crippen molar-refractivity contribution in [3.63, 3.8) is 0 Å². The standard InChI is InChI=1S/C36H47N9O8S3/c1-36(2,3)26-15-39-29(53-26)20-55-30-16-41-35(56-30)43-31(48)21-6-10-44(11-7-21)18-28(47)37-8-12-52-13-9-38-34(51)40-14-25-22-17-45(33(50)23(22)19-54-25)24-4-5-27(46)42-32(24)49/h15-16,19,21,24H,4-14,17-18,20H2,1-3H3,(H,37,47)(H2,38,40,51)(H,41,43,48)(H,42,46,49). The number of thioether (sulfide) groups is 1. The molecule has 3 aliphatic heterocycles. The van der Waals surface area contributed by atoms with Crippen molar-refractivity contribution in [1.29, 1.82) is 0 Å². The van der Waals surface area contributed by atoms with Crippen LogP contribution in [0.25, 0.3) is 0 Å². The molecule has 3 aliphatic rings. The Balaban J connectivity index is 0.782. The lowest BCUT2D eigenvalue weighted by Crippen LogP contribution is -2.52. The lowest BCUT2D eigenvalue weighted by Gasteiger charge is -2.30. The predicted octanol–water partition coefficient (Wildman–Crippen LogP) is 2.83. The number of anilines is 1. The van der Waals surface area contributed by atoms with E-state index in [0.29, 0.717) is 61.2 Å². The molecule has 0 aliphatic carbocycles. The summed E-state index contributed by atoms with van der Waals surface area (Å²) in [5.74, 6) is 0.697. The first kappa shape index (κ1) is 41.3. The molecule has 17 nitrogen and oxygen atoms in total. The van der Waals surface area contributed by atoms with E-state index in [-0.39, 0.29) is 80.8 Å². The molecule has 0 bridgehead atoms. The van der Waals surface area contributed by atoms with Crippen LogP contribution in [0.15, 0.2) is 26.4 Å². The third kappa shape index (κ3) is 10.9. The van der Waals surface area contributed by atoms with E-state index in [4.69, 9.17) is 9.15 Å². The Morgan fingerprint density at radius 1 is 1.04 bits per heavy atom. The lowest BCUT2D eigenvalue weighted by atomic mass is 9.94. The Morgan fingerprint density at radius 3 is 2.54 bits per heavy atom. The fraction of sp³-hybridized carbons (Fsp3) is 0.556. The number of urea groups is 1. The van der Waals surface area contributed by atoms with Gasteiger partial charge in [0.1, 0.15) is 11.8 Å². The quantitative estimate of drug-likeness (QED) is 0.0801. The van der Waals surface area contributed by atoms with Crippen LogP contribution in [-0.4, -0.2) is 107 Å². The molecule has 1 atom stereocenters. The van der Waals surface area contributed by atoms with Crippen molar-refractivity contribution >= 4 is 75.1 Å². The number of rotatable bonds is 16. The first-order chi connectivity index (χ1) is 26.8. The number of hydrogen-bond acceptors (Lipinski definition) is 14. The van der Waals surface area contributed by atoms with Gasteiger partial charge in [0.05, 0.1) is 54.2 Å². The number of aromatic nitrogens is 2. The van der Waals surface area contributed by atoms with Crippen LogP contribution in [0, 0.1) is 5.92 Å². The topological polar surface area (TPSA) is 217 Å². The number of carbonyl (C=O) groups is 6. The number of ether oxygens (including phenoxy) is 1. The van der Waals surface area contributed by atoms with Gasteiger partial charge in [0, 0.05) is 47.6 Å². The molecule has 3 aromatic heterocycles. The van der Waals surface area contributed by atoms with Gasteiger partial charge < -0.3 is 35.3 Å². The number of imide groups is 1. The van der Waals surface area contributed by atoms with Gasteiger partial charge in [-0.3, -0.25) is 34.2 Å². The van der Waals surface area contributed by atoms with Gasteiger partial charge in [0.2, 0.25) is 29.5 Å². The van der Waals surface area contributed by atoms with Gasteiger partial charge in [0.25, 0.3) is 5.91 Å². The fourth-order valence-corrected chi connectivity index (χ4v) is 9.14. The number of fused-ring (bicyclic) bond motifs is 1. The predicted molar refractivity (Wildman–Crippen MR) is 209 cm³/mol. The highest BCUT2D eigenvalue weighted by atomic mass is 32.2. The molecule has 6 rings (SSSR count). The molecule has 7 amide bonds. The number of hydrogen-bond donors (Lipinski definition) is 5. The highest BCUT2D eigenvalue weighted by molar-refractivity contribution is 8.00. The van der Waals surface area contributed by atoms with Crippen LogP contribution in [0.4, 0.5) is 9.93 Å². The summed E-state index contributed by atoms with van der Waals surface area (Å²) in [6, 6.07) is -1.08. The number of thiazole rings is 1. The summed E-state index contributed by atoms with van der Waals surface area (Å²) in [5.41, 5.74) is 1.21. The van der Waals surface area contributed by atoms with E-state index in [0.717, 1.165) is 20.4 Å². The monoisotopic (exact) mass is 829 g/mol. The number of oxazole rings is 1. The zero-order chi connectivity index (χ0) is 39.8. The van der Waals surface area contributed by atoms with Gasteiger partial charge in [-0.05, 0) is 37.9 Å². The van der Waals surface area contributed by atoms with E-state index in [1.165, 1.54) is 27.6 Å². The van der Waals surface area contributed by atoms with Crippen molar-refractivity contribution in [2.24, 2.45) is 5.92 Å². The zero-order valence-corrected chi connectivity index (χ0v) is 34.0. The third-order valence-electron chi connectivity index (χ3n) is 9.57. The minimum absolute atomic E-state index is 0.0601. The molecule has 20 heteroatoms. The summed E-state index contributed by atoms with van der Waals surface area (Å²) in [5, 5.41) is 15.9. The molecule has 3 aromatic rings. The Bertz CT molecular complexity index is 1910. The van der Waals surface area contributed by atoms with Crippen LogP contribution in [-0.2, 0) is 48.2 Å². The second-order valence-corrected chi connectivity index (χ2v) is 18.0. The average Bonchev–Trinajstić information content (AvgIpc) is 3.96. The van der Waals surface area contributed by atoms with E-state index in [2.05, 4.69) is 57.3 Å². The summed E-state index contributed by atoms with van der Waals surface area (Å²) >= 11 is 4.35. The maximum Gasteiger partial charge on any atom is 0.315 e. The molecule has 302 valence electrons. The second-order valence-electron chi connectivity index (χ2n) is 14.7. The number of likely N-dealkylation sites (tertiary alicyclic amines) is 1. The molecular formula is C36H47N9O8S3. The molecule has 0 radical (unpaired) electrons. The van der Waals surface area contributed by atoms with Crippen molar-refractivity contribution in [3.05, 3.63) is 45.4 Å². The van der Waals surface area contributed by atoms with Crippen LogP contribution >= 0.6 is 34.4 Å². The minimum atomic E-state index is -0.685. The van der Waals surface area contributed by atoms with E-state index in [9.17, 15) is 28.8 Å². The molecule has 0 spiro atoms. The highest BCUT2D eigenvalue weighted by Gasteiger charge is 2.40.